The molecule has 0 saturated carbocycles. The number of hydrogen-bond acceptors (Lipinski definition) is 2. The van der Waals surface area contributed by atoms with Crippen molar-refractivity contribution < 1.29 is 4.39 Å². The SMILES string of the molecule is CCC(CN)c1ccsc1F. The van der Waals surface area contributed by atoms with Gasteiger partial charge in [0.2, 0.25) is 0 Å². The van der Waals surface area contributed by atoms with E-state index >= 15 is 0 Å². The average Bonchev–Trinajstić information content (AvgIpc) is 2.40. The molecule has 0 amide bonds. The normalized spacial score (nSPS) is 13.4. The van der Waals surface area contributed by atoms with Gasteiger partial charge in [-0.3, -0.25) is 0 Å². The van der Waals surface area contributed by atoms with Gasteiger partial charge in [0.15, 0.2) is 5.13 Å². The second kappa shape index (κ2) is 3.83. The van der Waals surface area contributed by atoms with Crippen LogP contribution in [0.4, 0.5) is 4.39 Å². The van der Waals surface area contributed by atoms with Crippen molar-refractivity contribution in [1.82, 2.24) is 0 Å². The second-order valence-corrected chi connectivity index (χ2v) is 3.36. The Morgan fingerprint density at radius 2 is 2.45 bits per heavy atom. The Morgan fingerprint density at radius 3 is 2.82 bits per heavy atom. The summed E-state index contributed by atoms with van der Waals surface area (Å²) < 4.78 is 12.9. The van der Waals surface area contributed by atoms with E-state index in [2.05, 4.69) is 0 Å². The fraction of sp³-hybridized carbons (Fsp3) is 0.500. The van der Waals surface area contributed by atoms with E-state index in [4.69, 9.17) is 5.73 Å². The minimum Gasteiger partial charge on any atom is -0.330 e. The molecule has 0 spiro atoms. The molecule has 0 aliphatic heterocycles. The van der Waals surface area contributed by atoms with E-state index in [0.717, 1.165) is 23.3 Å². The van der Waals surface area contributed by atoms with Crippen LogP contribution in [0.25, 0.3) is 0 Å². The third kappa shape index (κ3) is 1.79. The molecule has 0 radical (unpaired) electrons. The number of nitrogens with two attached hydrogens (primary N) is 1. The zero-order valence-electron chi connectivity index (χ0n) is 6.51. The molecule has 0 bridgehead atoms. The standard InChI is InChI=1S/C8H12FNS/c1-2-6(5-10)7-3-4-11-8(7)9/h3-4,6H,2,5,10H2,1H3. The van der Waals surface area contributed by atoms with Crippen molar-refractivity contribution in [3.63, 3.8) is 0 Å². The summed E-state index contributed by atoms with van der Waals surface area (Å²) in [6.45, 7) is 2.55. The summed E-state index contributed by atoms with van der Waals surface area (Å²) in [5, 5.41) is 1.69. The highest BCUT2D eigenvalue weighted by Crippen LogP contribution is 2.24. The molecule has 2 N–H and O–H groups in total. The molecule has 1 heterocycles. The van der Waals surface area contributed by atoms with Gasteiger partial charge in [0.1, 0.15) is 0 Å². The summed E-state index contributed by atoms with van der Waals surface area (Å²) in [4.78, 5) is 0. The van der Waals surface area contributed by atoms with Crippen LogP contribution in [0.2, 0.25) is 0 Å². The van der Waals surface area contributed by atoms with E-state index < -0.39 is 0 Å². The van der Waals surface area contributed by atoms with Gasteiger partial charge in [0.05, 0.1) is 0 Å². The van der Waals surface area contributed by atoms with Gasteiger partial charge >= 0.3 is 0 Å². The van der Waals surface area contributed by atoms with Crippen LogP contribution in [0, 0.1) is 5.13 Å². The molecule has 0 aliphatic rings. The van der Waals surface area contributed by atoms with Crippen LogP contribution in [-0.4, -0.2) is 6.54 Å². The molecule has 1 rings (SSSR count). The summed E-state index contributed by atoms with van der Waals surface area (Å²) >= 11 is 1.14. The number of hydrogen-bond donors (Lipinski definition) is 1. The molecule has 0 fully saturated rings. The predicted molar refractivity (Wildman–Crippen MR) is 46.4 cm³/mol. The topological polar surface area (TPSA) is 26.0 Å². The van der Waals surface area contributed by atoms with Gasteiger partial charge < -0.3 is 5.73 Å². The first kappa shape index (κ1) is 8.68. The van der Waals surface area contributed by atoms with Crippen molar-refractivity contribution in [2.45, 2.75) is 19.3 Å². The first-order valence-corrected chi connectivity index (χ1v) is 4.60. The van der Waals surface area contributed by atoms with Crippen molar-refractivity contribution in [2.24, 2.45) is 5.73 Å². The number of thiophene rings is 1. The smallest absolute Gasteiger partial charge is 0.179 e. The van der Waals surface area contributed by atoms with Crippen molar-refractivity contribution >= 4 is 11.3 Å². The van der Waals surface area contributed by atoms with Gasteiger partial charge in [0.25, 0.3) is 0 Å². The average molecular weight is 173 g/mol. The third-order valence-electron chi connectivity index (χ3n) is 1.86. The molecule has 3 heteroatoms. The molecule has 0 aliphatic carbocycles. The summed E-state index contributed by atoms with van der Waals surface area (Å²) in [5.74, 6) is 0.196. The van der Waals surface area contributed by atoms with Gasteiger partial charge in [-0.05, 0) is 30.3 Å². The van der Waals surface area contributed by atoms with Gasteiger partial charge in [-0.15, -0.1) is 11.3 Å². The Labute approximate surface area is 70.0 Å². The van der Waals surface area contributed by atoms with Crippen LogP contribution in [0.15, 0.2) is 11.4 Å². The number of halogens is 1. The molecule has 11 heavy (non-hydrogen) atoms. The molecular weight excluding hydrogens is 161 g/mol. The van der Waals surface area contributed by atoms with Crippen LogP contribution in [-0.2, 0) is 0 Å². The van der Waals surface area contributed by atoms with Crippen LogP contribution in [0.1, 0.15) is 24.8 Å². The van der Waals surface area contributed by atoms with E-state index in [1.54, 1.807) is 5.38 Å². The Bertz CT molecular complexity index is 218. The molecule has 1 aromatic rings. The van der Waals surface area contributed by atoms with E-state index in [0.29, 0.717) is 6.54 Å². The summed E-state index contributed by atoms with van der Waals surface area (Å²) in [7, 11) is 0. The second-order valence-electron chi connectivity index (χ2n) is 2.49. The highest BCUT2D eigenvalue weighted by atomic mass is 32.1. The monoisotopic (exact) mass is 173 g/mol. The quantitative estimate of drug-likeness (QED) is 0.746. The van der Waals surface area contributed by atoms with E-state index in [9.17, 15) is 4.39 Å². The van der Waals surface area contributed by atoms with Crippen LogP contribution in [0.3, 0.4) is 0 Å². The van der Waals surface area contributed by atoms with Crippen LogP contribution < -0.4 is 5.73 Å². The lowest BCUT2D eigenvalue weighted by atomic mass is 10.00. The first-order chi connectivity index (χ1) is 5.29. The zero-order valence-corrected chi connectivity index (χ0v) is 7.33. The third-order valence-corrected chi connectivity index (χ3v) is 2.58. The molecule has 0 aromatic carbocycles. The van der Waals surface area contributed by atoms with Crippen LogP contribution >= 0.6 is 11.3 Å². The lowest BCUT2D eigenvalue weighted by Crippen LogP contribution is -2.11. The minimum absolute atomic E-state index is 0.0812. The Balaban J connectivity index is 2.81. The molecule has 0 saturated heterocycles. The van der Waals surface area contributed by atoms with Gasteiger partial charge in [-0.25, -0.2) is 0 Å². The van der Waals surface area contributed by atoms with Crippen molar-refractivity contribution in [3.8, 4) is 0 Å². The predicted octanol–water partition coefficient (Wildman–Crippen LogP) is 2.34. The summed E-state index contributed by atoms with van der Waals surface area (Å²) in [6.07, 6.45) is 0.907. The summed E-state index contributed by atoms with van der Waals surface area (Å²) in [6, 6.07) is 1.82. The molecular formula is C8H12FNS. The van der Waals surface area contributed by atoms with Gasteiger partial charge in [-0.1, -0.05) is 6.92 Å². The summed E-state index contributed by atoms with van der Waals surface area (Å²) in [5.41, 5.74) is 6.26. The fourth-order valence-electron chi connectivity index (χ4n) is 1.11. The minimum atomic E-state index is -0.0812. The molecule has 1 unspecified atom stereocenters. The van der Waals surface area contributed by atoms with Gasteiger partial charge in [0, 0.05) is 5.56 Å². The maximum absolute atomic E-state index is 12.9. The maximum atomic E-state index is 12.9. The Kier molecular flexibility index (Phi) is 3.02. The van der Waals surface area contributed by atoms with E-state index in [1.807, 2.05) is 13.0 Å². The van der Waals surface area contributed by atoms with E-state index in [1.165, 1.54) is 0 Å². The Hall–Kier alpha value is -0.410. The first-order valence-electron chi connectivity index (χ1n) is 3.72. The molecule has 1 atom stereocenters. The molecule has 62 valence electrons. The largest absolute Gasteiger partial charge is 0.330 e. The maximum Gasteiger partial charge on any atom is 0.179 e. The zero-order chi connectivity index (χ0) is 8.27. The Morgan fingerprint density at radius 1 is 1.73 bits per heavy atom. The van der Waals surface area contributed by atoms with Crippen molar-refractivity contribution in [2.75, 3.05) is 6.54 Å². The molecule has 1 nitrogen and oxygen atoms in total. The fourth-order valence-corrected chi connectivity index (χ4v) is 1.82. The van der Waals surface area contributed by atoms with Gasteiger partial charge in [-0.2, -0.15) is 4.39 Å². The highest BCUT2D eigenvalue weighted by Gasteiger charge is 2.12. The lowest BCUT2D eigenvalue weighted by Gasteiger charge is -2.09. The number of rotatable bonds is 3. The molecule has 1 aromatic heterocycles. The van der Waals surface area contributed by atoms with Crippen molar-refractivity contribution in [1.29, 1.82) is 0 Å². The lowest BCUT2D eigenvalue weighted by molar-refractivity contribution is 0.593. The van der Waals surface area contributed by atoms with Crippen LogP contribution in [0.5, 0.6) is 0 Å². The highest BCUT2D eigenvalue weighted by molar-refractivity contribution is 7.08. The van der Waals surface area contributed by atoms with E-state index in [-0.39, 0.29) is 11.0 Å². The van der Waals surface area contributed by atoms with Crippen molar-refractivity contribution in [3.05, 3.63) is 22.1 Å².